The van der Waals surface area contributed by atoms with Crippen LogP contribution in [0.5, 0.6) is 0 Å². The molecule has 21 heavy (non-hydrogen) atoms. The smallest absolute Gasteiger partial charge is 0.241 e. The number of nitrogens with one attached hydrogen (secondary N) is 1. The highest BCUT2D eigenvalue weighted by molar-refractivity contribution is 7.89. The summed E-state index contributed by atoms with van der Waals surface area (Å²) in [5.74, 6) is -0.221. The van der Waals surface area contributed by atoms with Gasteiger partial charge in [0.2, 0.25) is 10.0 Å². The molecule has 0 aliphatic heterocycles. The summed E-state index contributed by atoms with van der Waals surface area (Å²) >= 11 is 0. The molecule has 0 radical (unpaired) electrons. The number of benzene rings is 1. The van der Waals surface area contributed by atoms with E-state index < -0.39 is 21.4 Å². The van der Waals surface area contributed by atoms with Gasteiger partial charge in [-0.15, -0.1) is 0 Å². The van der Waals surface area contributed by atoms with Crippen LogP contribution in [0, 0.1) is 18.7 Å². The largest absolute Gasteiger partial charge is 0.329 e. The number of hydrogen-bond donors (Lipinski definition) is 2. The third kappa shape index (κ3) is 3.27. The van der Waals surface area contributed by atoms with Gasteiger partial charge in [-0.2, -0.15) is 0 Å². The molecule has 1 aliphatic carbocycles. The van der Waals surface area contributed by atoms with E-state index >= 15 is 0 Å². The molecule has 1 aliphatic rings. The van der Waals surface area contributed by atoms with E-state index in [9.17, 15) is 12.8 Å². The van der Waals surface area contributed by atoms with E-state index in [1.54, 1.807) is 6.92 Å². The Hall–Kier alpha value is -0.980. The molecule has 0 spiro atoms. The van der Waals surface area contributed by atoms with Gasteiger partial charge in [-0.1, -0.05) is 19.8 Å². The maximum absolute atomic E-state index is 13.3. The zero-order valence-electron chi connectivity index (χ0n) is 12.5. The van der Waals surface area contributed by atoms with Gasteiger partial charge < -0.3 is 5.73 Å². The lowest BCUT2D eigenvalue weighted by Crippen LogP contribution is -2.58. The molecule has 0 bridgehead atoms. The number of sulfonamides is 1. The zero-order chi connectivity index (χ0) is 15.7. The van der Waals surface area contributed by atoms with Gasteiger partial charge in [-0.25, -0.2) is 17.5 Å². The lowest BCUT2D eigenvalue weighted by Gasteiger charge is -2.42. The molecule has 3 N–H and O–H groups in total. The first kappa shape index (κ1) is 16.4. The Kier molecular flexibility index (Phi) is 4.70. The van der Waals surface area contributed by atoms with Crippen LogP contribution in [0.2, 0.25) is 0 Å². The summed E-state index contributed by atoms with van der Waals surface area (Å²) < 4.78 is 41.3. The Morgan fingerprint density at radius 3 is 2.71 bits per heavy atom. The van der Waals surface area contributed by atoms with Crippen LogP contribution in [0.4, 0.5) is 4.39 Å². The van der Waals surface area contributed by atoms with Crippen LogP contribution < -0.4 is 10.5 Å². The molecule has 0 heterocycles. The SMILES string of the molecule is Cc1cc(S(=O)(=O)NC2(CN)CCCCC2C)ccc1F. The second-order valence-corrected chi connectivity index (χ2v) is 7.71. The van der Waals surface area contributed by atoms with Gasteiger partial charge in [0.25, 0.3) is 0 Å². The predicted octanol–water partition coefficient (Wildman–Crippen LogP) is 2.32. The average molecular weight is 314 g/mol. The molecule has 6 heteroatoms. The summed E-state index contributed by atoms with van der Waals surface area (Å²) in [7, 11) is -3.70. The third-order valence-electron chi connectivity index (χ3n) is 4.59. The Labute approximate surface area is 126 Å². The molecule has 2 atom stereocenters. The van der Waals surface area contributed by atoms with Crippen molar-refractivity contribution in [2.45, 2.75) is 50.0 Å². The van der Waals surface area contributed by atoms with E-state index in [-0.39, 0.29) is 17.4 Å². The second-order valence-electron chi connectivity index (χ2n) is 6.02. The van der Waals surface area contributed by atoms with Crippen molar-refractivity contribution in [1.29, 1.82) is 0 Å². The fraction of sp³-hybridized carbons (Fsp3) is 0.600. The fourth-order valence-electron chi connectivity index (χ4n) is 3.02. The molecule has 1 aromatic rings. The number of aryl methyl sites for hydroxylation is 1. The van der Waals surface area contributed by atoms with E-state index in [1.165, 1.54) is 18.2 Å². The van der Waals surface area contributed by atoms with Crippen molar-refractivity contribution in [2.75, 3.05) is 6.54 Å². The van der Waals surface area contributed by atoms with Crippen LogP contribution in [-0.4, -0.2) is 20.5 Å². The van der Waals surface area contributed by atoms with Gasteiger partial charge in [0.05, 0.1) is 4.90 Å². The molecule has 0 saturated heterocycles. The van der Waals surface area contributed by atoms with Crippen molar-refractivity contribution < 1.29 is 12.8 Å². The van der Waals surface area contributed by atoms with Crippen molar-refractivity contribution in [1.82, 2.24) is 4.72 Å². The van der Waals surface area contributed by atoms with Crippen LogP contribution in [0.25, 0.3) is 0 Å². The lowest BCUT2D eigenvalue weighted by molar-refractivity contribution is 0.191. The summed E-state index contributed by atoms with van der Waals surface area (Å²) in [6, 6.07) is 3.83. The molecule has 2 rings (SSSR count). The molecular formula is C15H23FN2O2S. The van der Waals surface area contributed by atoms with Gasteiger partial charge in [-0.3, -0.25) is 0 Å². The van der Waals surface area contributed by atoms with Crippen LogP contribution in [0.3, 0.4) is 0 Å². The fourth-order valence-corrected chi connectivity index (χ4v) is 4.64. The highest BCUT2D eigenvalue weighted by atomic mass is 32.2. The van der Waals surface area contributed by atoms with Gasteiger partial charge in [0.15, 0.2) is 0 Å². The summed E-state index contributed by atoms with van der Waals surface area (Å²) in [4.78, 5) is 0.0898. The molecule has 0 aromatic heterocycles. The predicted molar refractivity (Wildman–Crippen MR) is 80.9 cm³/mol. The van der Waals surface area contributed by atoms with Gasteiger partial charge in [-0.05, 0) is 49.4 Å². The Bertz CT molecular complexity index is 618. The Balaban J connectivity index is 2.32. The topological polar surface area (TPSA) is 72.2 Å². The molecular weight excluding hydrogens is 291 g/mol. The van der Waals surface area contributed by atoms with Gasteiger partial charge in [0.1, 0.15) is 5.82 Å². The first-order valence-corrected chi connectivity index (χ1v) is 8.79. The first-order chi connectivity index (χ1) is 9.81. The Morgan fingerprint density at radius 2 is 2.14 bits per heavy atom. The second kappa shape index (κ2) is 6.02. The van der Waals surface area contributed by atoms with Crippen molar-refractivity contribution in [3.05, 3.63) is 29.6 Å². The van der Waals surface area contributed by atoms with Crippen molar-refractivity contribution in [3.63, 3.8) is 0 Å². The molecule has 2 unspecified atom stereocenters. The highest BCUT2D eigenvalue weighted by Gasteiger charge is 2.40. The van der Waals surface area contributed by atoms with Crippen molar-refractivity contribution in [3.8, 4) is 0 Å². The van der Waals surface area contributed by atoms with Crippen LogP contribution in [-0.2, 0) is 10.0 Å². The molecule has 118 valence electrons. The number of halogens is 1. The van der Waals surface area contributed by atoms with E-state index in [0.717, 1.165) is 25.7 Å². The number of hydrogen-bond acceptors (Lipinski definition) is 3. The van der Waals surface area contributed by atoms with Crippen molar-refractivity contribution in [2.24, 2.45) is 11.7 Å². The third-order valence-corrected chi connectivity index (χ3v) is 6.14. The van der Waals surface area contributed by atoms with E-state index in [4.69, 9.17) is 5.73 Å². The normalized spacial score (nSPS) is 26.8. The average Bonchev–Trinajstić information content (AvgIpc) is 2.44. The Morgan fingerprint density at radius 1 is 1.43 bits per heavy atom. The maximum atomic E-state index is 13.3. The van der Waals surface area contributed by atoms with Crippen LogP contribution in [0.15, 0.2) is 23.1 Å². The van der Waals surface area contributed by atoms with E-state index in [1.807, 2.05) is 6.92 Å². The summed E-state index contributed by atoms with van der Waals surface area (Å²) in [5, 5.41) is 0. The number of nitrogens with two attached hydrogens (primary N) is 1. The van der Waals surface area contributed by atoms with Gasteiger partial charge >= 0.3 is 0 Å². The van der Waals surface area contributed by atoms with Gasteiger partial charge in [0, 0.05) is 12.1 Å². The molecule has 1 aromatic carbocycles. The quantitative estimate of drug-likeness (QED) is 0.896. The summed E-state index contributed by atoms with van der Waals surface area (Å²) in [6.45, 7) is 3.86. The number of rotatable bonds is 4. The lowest BCUT2D eigenvalue weighted by atomic mass is 9.74. The molecule has 4 nitrogen and oxygen atoms in total. The minimum absolute atomic E-state index is 0.0898. The van der Waals surface area contributed by atoms with Crippen LogP contribution in [0.1, 0.15) is 38.2 Å². The summed E-state index contributed by atoms with van der Waals surface area (Å²) in [6.07, 6.45) is 3.76. The highest BCUT2D eigenvalue weighted by Crippen LogP contribution is 2.34. The molecule has 0 amide bonds. The van der Waals surface area contributed by atoms with E-state index in [0.29, 0.717) is 5.56 Å². The van der Waals surface area contributed by atoms with Crippen LogP contribution >= 0.6 is 0 Å². The standard InChI is InChI=1S/C15H23FN2O2S/c1-11-9-13(6-7-14(11)16)21(19,20)18-15(10-17)8-4-3-5-12(15)2/h6-7,9,12,18H,3-5,8,10,17H2,1-2H3. The molecule has 1 fully saturated rings. The zero-order valence-corrected chi connectivity index (χ0v) is 13.3. The minimum atomic E-state index is -3.70. The summed E-state index contributed by atoms with van der Waals surface area (Å²) in [5.41, 5.74) is 5.60. The van der Waals surface area contributed by atoms with E-state index in [2.05, 4.69) is 4.72 Å². The first-order valence-electron chi connectivity index (χ1n) is 7.31. The minimum Gasteiger partial charge on any atom is -0.329 e. The molecule has 1 saturated carbocycles. The van der Waals surface area contributed by atoms with Crippen molar-refractivity contribution >= 4 is 10.0 Å². The monoisotopic (exact) mass is 314 g/mol. The maximum Gasteiger partial charge on any atom is 0.241 e.